The quantitative estimate of drug-likeness (QED) is 0.560. The summed E-state index contributed by atoms with van der Waals surface area (Å²) in [5, 5.41) is 8.63. The molecule has 0 heterocycles. The lowest BCUT2D eigenvalue weighted by molar-refractivity contribution is -0.153. The largest absolute Gasteiger partial charge is 0.481 e. The molecule has 0 aromatic carbocycles. The normalized spacial score (nSPS) is 36.7. The SMILES string of the molecule is CC1(C)[C@H](N)C[C@@H]1C(=O)O. The first kappa shape index (κ1) is 7.54. The Morgan fingerprint density at radius 2 is 2.20 bits per heavy atom. The van der Waals surface area contributed by atoms with E-state index in [0.717, 1.165) is 0 Å². The van der Waals surface area contributed by atoms with Crippen LogP contribution in [0.2, 0.25) is 0 Å². The molecule has 3 nitrogen and oxygen atoms in total. The molecule has 0 unspecified atom stereocenters. The molecule has 0 spiro atoms. The highest BCUT2D eigenvalue weighted by Crippen LogP contribution is 2.44. The van der Waals surface area contributed by atoms with E-state index in [1.807, 2.05) is 13.8 Å². The van der Waals surface area contributed by atoms with Crippen LogP contribution >= 0.6 is 0 Å². The minimum atomic E-state index is -0.716. The van der Waals surface area contributed by atoms with E-state index in [2.05, 4.69) is 0 Å². The molecule has 1 saturated carbocycles. The van der Waals surface area contributed by atoms with Crippen molar-refractivity contribution < 1.29 is 9.90 Å². The number of nitrogens with two attached hydrogens (primary N) is 1. The second-order valence-electron chi connectivity index (χ2n) is 3.55. The van der Waals surface area contributed by atoms with E-state index >= 15 is 0 Å². The molecule has 1 aliphatic carbocycles. The lowest BCUT2D eigenvalue weighted by Crippen LogP contribution is -2.57. The number of aliphatic carboxylic acids is 1. The molecule has 1 rings (SSSR count). The van der Waals surface area contributed by atoms with Gasteiger partial charge in [-0.15, -0.1) is 0 Å². The van der Waals surface area contributed by atoms with Gasteiger partial charge in [0, 0.05) is 6.04 Å². The molecule has 58 valence electrons. The van der Waals surface area contributed by atoms with Gasteiger partial charge in [-0.25, -0.2) is 0 Å². The van der Waals surface area contributed by atoms with Gasteiger partial charge in [0.2, 0.25) is 0 Å². The third-order valence-electron chi connectivity index (χ3n) is 2.64. The summed E-state index contributed by atoms with van der Waals surface area (Å²) in [4.78, 5) is 10.5. The molecule has 0 amide bonds. The molecule has 1 fully saturated rings. The first-order chi connectivity index (χ1) is 4.46. The Kier molecular flexibility index (Phi) is 1.47. The summed E-state index contributed by atoms with van der Waals surface area (Å²) < 4.78 is 0. The third-order valence-corrected chi connectivity index (χ3v) is 2.64. The van der Waals surface area contributed by atoms with E-state index in [-0.39, 0.29) is 17.4 Å². The minimum Gasteiger partial charge on any atom is -0.481 e. The highest BCUT2D eigenvalue weighted by molar-refractivity contribution is 5.72. The van der Waals surface area contributed by atoms with Gasteiger partial charge in [-0.1, -0.05) is 13.8 Å². The molecule has 0 aliphatic heterocycles. The van der Waals surface area contributed by atoms with Gasteiger partial charge in [-0.3, -0.25) is 4.79 Å². The zero-order valence-electron chi connectivity index (χ0n) is 6.29. The summed E-state index contributed by atoms with van der Waals surface area (Å²) in [7, 11) is 0. The Labute approximate surface area is 60.2 Å². The van der Waals surface area contributed by atoms with E-state index in [4.69, 9.17) is 10.8 Å². The Morgan fingerprint density at radius 3 is 2.30 bits per heavy atom. The summed E-state index contributed by atoms with van der Waals surface area (Å²) >= 11 is 0. The van der Waals surface area contributed by atoms with Crippen LogP contribution in [0.4, 0.5) is 0 Å². The van der Waals surface area contributed by atoms with Crippen LogP contribution < -0.4 is 5.73 Å². The fourth-order valence-corrected chi connectivity index (χ4v) is 1.38. The van der Waals surface area contributed by atoms with Crippen LogP contribution in [0.3, 0.4) is 0 Å². The van der Waals surface area contributed by atoms with Crippen molar-refractivity contribution in [1.29, 1.82) is 0 Å². The van der Waals surface area contributed by atoms with Gasteiger partial charge in [0.1, 0.15) is 0 Å². The van der Waals surface area contributed by atoms with Gasteiger partial charge in [0.15, 0.2) is 0 Å². The van der Waals surface area contributed by atoms with Crippen LogP contribution in [0.5, 0.6) is 0 Å². The molecule has 0 bridgehead atoms. The molecule has 0 saturated heterocycles. The summed E-state index contributed by atoms with van der Waals surface area (Å²) in [5.74, 6) is -0.950. The second kappa shape index (κ2) is 1.95. The third kappa shape index (κ3) is 0.814. The van der Waals surface area contributed by atoms with Gasteiger partial charge in [-0.05, 0) is 11.8 Å². The van der Waals surface area contributed by atoms with Gasteiger partial charge < -0.3 is 10.8 Å². The molecular formula is C7H13NO2. The van der Waals surface area contributed by atoms with Crippen LogP contribution in [0.25, 0.3) is 0 Å². The Balaban J connectivity index is 2.63. The van der Waals surface area contributed by atoms with Crippen molar-refractivity contribution in [3.63, 3.8) is 0 Å². The molecule has 0 radical (unpaired) electrons. The summed E-state index contributed by atoms with van der Waals surface area (Å²) in [6.07, 6.45) is 0.627. The second-order valence-corrected chi connectivity index (χ2v) is 3.55. The van der Waals surface area contributed by atoms with E-state index in [1.54, 1.807) is 0 Å². The molecule has 0 aromatic heterocycles. The van der Waals surface area contributed by atoms with Crippen LogP contribution in [0.1, 0.15) is 20.3 Å². The highest BCUT2D eigenvalue weighted by atomic mass is 16.4. The Hall–Kier alpha value is -0.570. The maximum atomic E-state index is 10.5. The topological polar surface area (TPSA) is 63.3 Å². The smallest absolute Gasteiger partial charge is 0.307 e. The van der Waals surface area contributed by atoms with Crippen molar-refractivity contribution in [2.45, 2.75) is 26.3 Å². The van der Waals surface area contributed by atoms with Crippen molar-refractivity contribution in [3.05, 3.63) is 0 Å². The molecule has 1 aliphatic rings. The zero-order chi connectivity index (χ0) is 7.94. The van der Waals surface area contributed by atoms with Crippen molar-refractivity contribution in [3.8, 4) is 0 Å². The average Bonchev–Trinajstić information content (AvgIpc) is 1.82. The standard InChI is InChI=1S/C7H13NO2/c1-7(2)4(6(9)10)3-5(7)8/h4-5H,3,8H2,1-2H3,(H,9,10)/t4-,5-/m1/s1. The maximum absolute atomic E-state index is 10.5. The first-order valence-electron chi connectivity index (χ1n) is 3.44. The maximum Gasteiger partial charge on any atom is 0.307 e. The lowest BCUT2D eigenvalue weighted by Gasteiger charge is -2.47. The zero-order valence-corrected chi connectivity index (χ0v) is 6.29. The van der Waals surface area contributed by atoms with E-state index in [9.17, 15) is 4.79 Å². The molecule has 10 heavy (non-hydrogen) atoms. The van der Waals surface area contributed by atoms with Crippen molar-refractivity contribution in [2.24, 2.45) is 17.1 Å². The highest BCUT2D eigenvalue weighted by Gasteiger charge is 2.49. The average molecular weight is 143 g/mol. The molecule has 3 N–H and O–H groups in total. The Morgan fingerprint density at radius 1 is 1.70 bits per heavy atom. The monoisotopic (exact) mass is 143 g/mol. The van der Waals surface area contributed by atoms with Crippen LogP contribution in [-0.4, -0.2) is 17.1 Å². The first-order valence-corrected chi connectivity index (χ1v) is 3.44. The molecule has 0 aromatic rings. The van der Waals surface area contributed by atoms with Gasteiger partial charge in [-0.2, -0.15) is 0 Å². The minimum absolute atomic E-state index is 0.0635. The number of rotatable bonds is 1. The summed E-state index contributed by atoms with van der Waals surface area (Å²) in [6, 6.07) is 0.0635. The van der Waals surface area contributed by atoms with Gasteiger partial charge >= 0.3 is 5.97 Å². The number of carboxylic acids is 1. The number of hydrogen-bond acceptors (Lipinski definition) is 2. The molecule has 2 atom stereocenters. The van der Waals surface area contributed by atoms with E-state index in [1.165, 1.54) is 0 Å². The van der Waals surface area contributed by atoms with E-state index in [0.29, 0.717) is 6.42 Å². The number of carbonyl (C=O) groups is 1. The van der Waals surface area contributed by atoms with Crippen molar-refractivity contribution >= 4 is 5.97 Å². The fraction of sp³-hybridized carbons (Fsp3) is 0.857. The molecular weight excluding hydrogens is 130 g/mol. The van der Waals surface area contributed by atoms with Crippen LogP contribution in [0, 0.1) is 11.3 Å². The number of hydrogen-bond donors (Lipinski definition) is 2. The predicted molar refractivity (Wildman–Crippen MR) is 37.5 cm³/mol. The van der Waals surface area contributed by atoms with Gasteiger partial charge in [0.05, 0.1) is 5.92 Å². The molecule has 3 heteroatoms. The summed E-state index contributed by atoms with van der Waals surface area (Å²) in [6.45, 7) is 3.81. The summed E-state index contributed by atoms with van der Waals surface area (Å²) in [5.41, 5.74) is 5.42. The lowest BCUT2D eigenvalue weighted by atomic mass is 9.59. The predicted octanol–water partition coefficient (Wildman–Crippen LogP) is 0.444. The van der Waals surface area contributed by atoms with Crippen molar-refractivity contribution in [2.75, 3.05) is 0 Å². The van der Waals surface area contributed by atoms with Crippen molar-refractivity contribution in [1.82, 2.24) is 0 Å². The van der Waals surface area contributed by atoms with Crippen LogP contribution in [0.15, 0.2) is 0 Å². The van der Waals surface area contributed by atoms with Crippen LogP contribution in [-0.2, 0) is 4.79 Å². The fourth-order valence-electron chi connectivity index (χ4n) is 1.38. The Bertz CT molecular complexity index is 165. The van der Waals surface area contributed by atoms with Gasteiger partial charge in [0.25, 0.3) is 0 Å². The van der Waals surface area contributed by atoms with E-state index < -0.39 is 5.97 Å². The number of carboxylic acid groups (broad SMARTS) is 1.